The van der Waals surface area contributed by atoms with Crippen molar-refractivity contribution in [2.24, 2.45) is 5.92 Å². The molecule has 2 saturated heterocycles. The van der Waals surface area contributed by atoms with Crippen molar-refractivity contribution >= 4 is 0 Å². The predicted molar refractivity (Wildman–Crippen MR) is 57.2 cm³/mol. The Balaban J connectivity index is 2.01. The third-order valence-corrected chi connectivity index (χ3v) is 3.69. The van der Waals surface area contributed by atoms with Crippen molar-refractivity contribution in [1.82, 2.24) is 10.2 Å². The van der Waals surface area contributed by atoms with E-state index in [1.165, 1.54) is 19.4 Å². The minimum Gasteiger partial charge on any atom is -0.390 e. The number of hydrogen-bond donors (Lipinski definition) is 2. The van der Waals surface area contributed by atoms with Gasteiger partial charge in [0.05, 0.1) is 6.10 Å². The highest BCUT2D eigenvalue weighted by Crippen LogP contribution is 2.27. The van der Waals surface area contributed by atoms with Crippen molar-refractivity contribution in [1.29, 1.82) is 0 Å². The highest BCUT2D eigenvalue weighted by Gasteiger charge is 2.37. The lowest BCUT2D eigenvalue weighted by Crippen LogP contribution is -2.47. The molecule has 2 aliphatic heterocycles. The highest BCUT2D eigenvalue weighted by molar-refractivity contribution is 4.94. The van der Waals surface area contributed by atoms with Crippen LogP contribution in [-0.2, 0) is 0 Å². The molecule has 3 atom stereocenters. The fraction of sp³-hybridized carbons (Fsp3) is 1.00. The van der Waals surface area contributed by atoms with Crippen molar-refractivity contribution in [3.63, 3.8) is 0 Å². The molecule has 0 aromatic carbocycles. The maximum absolute atomic E-state index is 9.84. The van der Waals surface area contributed by atoms with Gasteiger partial charge in [-0.15, -0.1) is 0 Å². The van der Waals surface area contributed by atoms with Gasteiger partial charge in [-0.3, -0.25) is 4.90 Å². The average Bonchev–Trinajstić information content (AvgIpc) is 2.70. The molecule has 0 aromatic heterocycles. The Labute approximate surface area is 86.5 Å². The van der Waals surface area contributed by atoms with E-state index in [1.54, 1.807) is 0 Å². The number of likely N-dealkylation sites (tertiary alicyclic amines) is 1. The van der Waals surface area contributed by atoms with E-state index < -0.39 is 0 Å². The van der Waals surface area contributed by atoms with Crippen LogP contribution in [0.5, 0.6) is 0 Å². The molecular formula is C11H22N2O. The molecule has 2 N–H and O–H groups in total. The van der Waals surface area contributed by atoms with Crippen LogP contribution in [-0.4, -0.2) is 47.8 Å². The third kappa shape index (κ3) is 1.81. The van der Waals surface area contributed by atoms with Crippen LogP contribution in [0.2, 0.25) is 0 Å². The molecule has 2 rings (SSSR count). The van der Waals surface area contributed by atoms with Crippen molar-refractivity contribution in [2.45, 2.75) is 44.9 Å². The van der Waals surface area contributed by atoms with E-state index in [0.717, 1.165) is 13.1 Å². The van der Waals surface area contributed by atoms with Crippen LogP contribution in [0.15, 0.2) is 0 Å². The summed E-state index contributed by atoms with van der Waals surface area (Å²) in [7, 11) is 0. The first kappa shape index (κ1) is 10.4. The number of nitrogens with one attached hydrogen (secondary N) is 1. The van der Waals surface area contributed by atoms with Crippen LogP contribution in [0, 0.1) is 5.92 Å². The molecule has 3 nitrogen and oxygen atoms in total. The second-order valence-electron chi connectivity index (χ2n) is 4.98. The van der Waals surface area contributed by atoms with Gasteiger partial charge in [0.15, 0.2) is 0 Å². The zero-order chi connectivity index (χ0) is 10.1. The van der Waals surface area contributed by atoms with E-state index >= 15 is 0 Å². The Morgan fingerprint density at radius 2 is 2.14 bits per heavy atom. The van der Waals surface area contributed by atoms with E-state index in [1.807, 2.05) is 0 Å². The van der Waals surface area contributed by atoms with Crippen LogP contribution in [0.1, 0.15) is 26.7 Å². The number of nitrogens with zero attached hydrogens (tertiary/aromatic N) is 1. The van der Waals surface area contributed by atoms with Gasteiger partial charge in [0.1, 0.15) is 0 Å². The molecule has 2 aliphatic rings. The van der Waals surface area contributed by atoms with E-state index in [0.29, 0.717) is 18.0 Å². The summed E-state index contributed by atoms with van der Waals surface area (Å²) >= 11 is 0. The fourth-order valence-electron chi connectivity index (χ4n) is 2.93. The molecule has 0 spiro atoms. The van der Waals surface area contributed by atoms with Crippen LogP contribution < -0.4 is 5.32 Å². The van der Waals surface area contributed by atoms with Gasteiger partial charge in [-0.05, 0) is 25.3 Å². The summed E-state index contributed by atoms with van der Waals surface area (Å²) in [6, 6.07) is 1.06. The molecule has 82 valence electrons. The molecule has 2 heterocycles. The molecule has 3 unspecified atom stereocenters. The number of aliphatic hydroxyl groups is 1. The van der Waals surface area contributed by atoms with Crippen LogP contribution in [0.25, 0.3) is 0 Å². The number of aliphatic hydroxyl groups excluding tert-OH is 1. The van der Waals surface area contributed by atoms with Gasteiger partial charge in [-0.2, -0.15) is 0 Å². The summed E-state index contributed by atoms with van der Waals surface area (Å²) in [4.78, 5) is 2.52. The monoisotopic (exact) mass is 198 g/mol. The lowest BCUT2D eigenvalue weighted by atomic mass is 10.00. The number of rotatable bonds is 2. The van der Waals surface area contributed by atoms with Crippen LogP contribution in [0.3, 0.4) is 0 Å². The Morgan fingerprint density at radius 1 is 1.36 bits per heavy atom. The van der Waals surface area contributed by atoms with Gasteiger partial charge in [-0.25, -0.2) is 0 Å². The molecule has 0 amide bonds. The molecule has 0 aliphatic carbocycles. The van der Waals surface area contributed by atoms with Gasteiger partial charge in [0.2, 0.25) is 0 Å². The summed E-state index contributed by atoms with van der Waals surface area (Å²) in [5.74, 6) is 0.713. The first-order valence-corrected chi connectivity index (χ1v) is 5.84. The average molecular weight is 198 g/mol. The zero-order valence-electron chi connectivity index (χ0n) is 9.24. The van der Waals surface area contributed by atoms with E-state index in [-0.39, 0.29) is 6.10 Å². The quantitative estimate of drug-likeness (QED) is 0.676. The first-order chi connectivity index (χ1) is 6.70. The predicted octanol–water partition coefficient (Wildman–Crippen LogP) is 0.439. The minimum atomic E-state index is -0.158. The molecule has 0 aromatic rings. The molecule has 0 radical (unpaired) electrons. The van der Waals surface area contributed by atoms with E-state index in [2.05, 4.69) is 24.1 Å². The Hall–Kier alpha value is -0.120. The van der Waals surface area contributed by atoms with Crippen molar-refractivity contribution in [3.8, 4) is 0 Å². The van der Waals surface area contributed by atoms with Crippen molar-refractivity contribution in [2.75, 3.05) is 19.6 Å². The summed E-state index contributed by atoms with van der Waals surface area (Å²) in [5, 5.41) is 13.1. The van der Waals surface area contributed by atoms with Gasteiger partial charge in [0.25, 0.3) is 0 Å². The standard InChI is InChI=1S/C11H22N2O/c1-8(2)9-4-3-5-13(9)10-6-12-7-11(10)14/h8-12,14H,3-7H2,1-2H3. The second-order valence-corrected chi connectivity index (χ2v) is 4.98. The topological polar surface area (TPSA) is 35.5 Å². The van der Waals surface area contributed by atoms with Crippen molar-refractivity contribution in [3.05, 3.63) is 0 Å². The fourth-order valence-corrected chi connectivity index (χ4v) is 2.93. The second kappa shape index (κ2) is 4.17. The van der Waals surface area contributed by atoms with Crippen LogP contribution >= 0.6 is 0 Å². The normalized spacial score (nSPS) is 39.9. The Bertz CT molecular complexity index is 196. The third-order valence-electron chi connectivity index (χ3n) is 3.69. The smallest absolute Gasteiger partial charge is 0.0831 e. The minimum absolute atomic E-state index is 0.158. The summed E-state index contributed by atoms with van der Waals surface area (Å²) in [5.41, 5.74) is 0. The maximum atomic E-state index is 9.84. The lowest BCUT2D eigenvalue weighted by Gasteiger charge is -2.34. The summed E-state index contributed by atoms with van der Waals surface area (Å²) in [6.07, 6.45) is 2.45. The largest absolute Gasteiger partial charge is 0.390 e. The number of β-amino-alcohol motifs (C(OH)–C–C–N with tert-alkyl or cyclic N) is 1. The highest BCUT2D eigenvalue weighted by atomic mass is 16.3. The van der Waals surface area contributed by atoms with E-state index in [9.17, 15) is 5.11 Å². The Kier molecular flexibility index (Phi) is 3.10. The molecule has 3 heteroatoms. The lowest BCUT2D eigenvalue weighted by molar-refractivity contribution is 0.0624. The Morgan fingerprint density at radius 3 is 2.71 bits per heavy atom. The molecule has 0 saturated carbocycles. The van der Waals surface area contributed by atoms with Gasteiger partial charge in [-0.1, -0.05) is 13.8 Å². The first-order valence-electron chi connectivity index (χ1n) is 5.84. The van der Waals surface area contributed by atoms with Gasteiger partial charge < -0.3 is 10.4 Å². The molecule has 0 bridgehead atoms. The van der Waals surface area contributed by atoms with Gasteiger partial charge in [0, 0.05) is 25.2 Å². The maximum Gasteiger partial charge on any atom is 0.0831 e. The van der Waals surface area contributed by atoms with Gasteiger partial charge >= 0.3 is 0 Å². The molecule has 14 heavy (non-hydrogen) atoms. The summed E-state index contributed by atoms with van der Waals surface area (Å²) < 4.78 is 0. The zero-order valence-corrected chi connectivity index (χ0v) is 9.24. The van der Waals surface area contributed by atoms with Crippen LogP contribution in [0.4, 0.5) is 0 Å². The summed E-state index contributed by atoms with van der Waals surface area (Å²) in [6.45, 7) is 7.48. The molecule has 2 fully saturated rings. The molecular weight excluding hydrogens is 176 g/mol. The SMILES string of the molecule is CC(C)C1CCCN1C1CNCC1O. The number of hydrogen-bond acceptors (Lipinski definition) is 3. The van der Waals surface area contributed by atoms with Crippen molar-refractivity contribution < 1.29 is 5.11 Å². The van der Waals surface area contributed by atoms with E-state index in [4.69, 9.17) is 0 Å².